The van der Waals surface area contributed by atoms with E-state index in [-0.39, 0.29) is 11.4 Å². The Morgan fingerprint density at radius 2 is 2.22 bits per heavy atom. The number of unbranched alkanes of at least 4 members (excludes halogenated alkanes) is 1. The Balaban J connectivity index is 2.29. The van der Waals surface area contributed by atoms with E-state index < -0.39 is 6.10 Å². The maximum atomic E-state index is 13.3. The molecule has 2 rings (SSSR count). The van der Waals surface area contributed by atoms with Gasteiger partial charge in [-0.25, -0.2) is 4.39 Å². The minimum atomic E-state index is -0.550. The standard InChI is InChI=1S/C15H21FO2/c1-3-5-8-15(4-2)10-13(17)12-7-6-11(16)9-14(12)18-15/h6-7,9,13,17H,3-5,8,10H2,1-2H3/t13-,15?/m1/s1. The summed E-state index contributed by atoms with van der Waals surface area (Å²) < 4.78 is 19.3. The van der Waals surface area contributed by atoms with Gasteiger partial charge in [-0.2, -0.15) is 0 Å². The second kappa shape index (κ2) is 5.27. The van der Waals surface area contributed by atoms with Crippen molar-refractivity contribution >= 4 is 0 Å². The van der Waals surface area contributed by atoms with Crippen molar-refractivity contribution in [2.24, 2.45) is 0 Å². The minimum Gasteiger partial charge on any atom is -0.487 e. The van der Waals surface area contributed by atoms with Crippen LogP contribution in [0.5, 0.6) is 5.75 Å². The lowest BCUT2D eigenvalue weighted by molar-refractivity contribution is -0.0243. The summed E-state index contributed by atoms with van der Waals surface area (Å²) in [7, 11) is 0. The average Bonchev–Trinajstić information content (AvgIpc) is 2.36. The van der Waals surface area contributed by atoms with Gasteiger partial charge in [-0.05, 0) is 31.4 Å². The van der Waals surface area contributed by atoms with Crippen molar-refractivity contribution in [1.29, 1.82) is 0 Å². The van der Waals surface area contributed by atoms with Crippen LogP contribution in [0.2, 0.25) is 0 Å². The van der Waals surface area contributed by atoms with Crippen LogP contribution < -0.4 is 4.74 Å². The van der Waals surface area contributed by atoms with Gasteiger partial charge in [-0.3, -0.25) is 0 Å². The molecular formula is C15H21FO2. The zero-order chi connectivity index (χ0) is 13.2. The number of hydrogen-bond donors (Lipinski definition) is 1. The van der Waals surface area contributed by atoms with Gasteiger partial charge in [0.2, 0.25) is 0 Å². The van der Waals surface area contributed by atoms with E-state index in [4.69, 9.17) is 4.74 Å². The van der Waals surface area contributed by atoms with Gasteiger partial charge in [-0.15, -0.1) is 0 Å². The first kappa shape index (κ1) is 13.3. The molecule has 0 saturated heterocycles. The molecule has 1 unspecified atom stereocenters. The molecule has 1 N–H and O–H groups in total. The molecule has 0 fully saturated rings. The summed E-state index contributed by atoms with van der Waals surface area (Å²) in [6.07, 6.45) is 3.95. The van der Waals surface area contributed by atoms with Crippen molar-refractivity contribution in [3.8, 4) is 5.75 Å². The number of rotatable bonds is 4. The molecule has 0 aliphatic carbocycles. The summed E-state index contributed by atoms with van der Waals surface area (Å²) in [5.74, 6) is 0.190. The van der Waals surface area contributed by atoms with Crippen LogP contribution in [0.4, 0.5) is 4.39 Å². The lowest BCUT2D eigenvalue weighted by atomic mass is 9.83. The van der Waals surface area contributed by atoms with E-state index in [1.165, 1.54) is 12.1 Å². The first-order chi connectivity index (χ1) is 8.60. The van der Waals surface area contributed by atoms with Gasteiger partial charge in [0.05, 0.1) is 6.10 Å². The summed E-state index contributed by atoms with van der Waals surface area (Å²) in [5.41, 5.74) is 0.368. The topological polar surface area (TPSA) is 29.5 Å². The second-order valence-electron chi connectivity index (χ2n) is 5.14. The normalized spacial score (nSPS) is 26.6. The Bertz CT molecular complexity index is 419. The van der Waals surface area contributed by atoms with Gasteiger partial charge in [0.15, 0.2) is 0 Å². The Hall–Kier alpha value is -1.09. The molecule has 0 bridgehead atoms. The number of benzene rings is 1. The average molecular weight is 252 g/mol. The van der Waals surface area contributed by atoms with Gasteiger partial charge in [-0.1, -0.05) is 20.3 Å². The molecule has 18 heavy (non-hydrogen) atoms. The maximum Gasteiger partial charge on any atom is 0.128 e. The van der Waals surface area contributed by atoms with Crippen LogP contribution in [0.3, 0.4) is 0 Å². The Kier molecular flexibility index (Phi) is 3.91. The van der Waals surface area contributed by atoms with Crippen LogP contribution in [0.15, 0.2) is 18.2 Å². The van der Waals surface area contributed by atoms with Gasteiger partial charge in [0.25, 0.3) is 0 Å². The molecule has 2 nitrogen and oxygen atoms in total. The highest BCUT2D eigenvalue weighted by atomic mass is 19.1. The predicted molar refractivity (Wildman–Crippen MR) is 69.2 cm³/mol. The van der Waals surface area contributed by atoms with E-state index in [1.807, 2.05) is 0 Å². The summed E-state index contributed by atoms with van der Waals surface area (Å²) >= 11 is 0. The number of ether oxygens (including phenoxy) is 1. The first-order valence-electron chi connectivity index (χ1n) is 6.77. The molecule has 1 heterocycles. The molecule has 100 valence electrons. The minimum absolute atomic E-state index is 0.316. The molecule has 0 aromatic heterocycles. The van der Waals surface area contributed by atoms with Crippen LogP contribution >= 0.6 is 0 Å². The highest BCUT2D eigenvalue weighted by Gasteiger charge is 2.38. The SMILES string of the molecule is CCCCC1(CC)C[C@@H](O)c2ccc(F)cc2O1. The van der Waals surface area contributed by atoms with E-state index in [0.29, 0.717) is 17.7 Å². The zero-order valence-corrected chi connectivity index (χ0v) is 11.1. The van der Waals surface area contributed by atoms with Gasteiger partial charge < -0.3 is 9.84 Å². The van der Waals surface area contributed by atoms with Crippen LogP contribution in [0, 0.1) is 5.82 Å². The molecular weight excluding hydrogens is 231 g/mol. The molecule has 0 spiro atoms. The van der Waals surface area contributed by atoms with Crippen molar-refractivity contribution in [2.75, 3.05) is 0 Å². The third kappa shape index (κ3) is 2.51. The number of fused-ring (bicyclic) bond motifs is 1. The fourth-order valence-electron chi connectivity index (χ4n) is 2.65. The van der Waals surface area contributed by atoms with Crippen molar-refractivity contribution in [2.45, 2.75) is 57.7 Å². The van der Waals surface area contributed by atoms with E-state index in [9.17, 15) is 9.50 Å². The molecule has 1 aliphatic heterocycles. The highest BCUT2D eigenvalue weighted by molar-refractivity contribution is 5.38. The fraction of sp³-hybridized carbons (Fsp3) is 0.600. The third-order valence-corrected chi connectivity index (χ3v) is 3.86. The highest BCUT2D eigenvalue weighted by Crippen LogP contribution is 2.43. The van der Waals surface area contributed by atoms with Crippen LogP contribution in [0.25, 0.3) is 0 Å². The van der Waals surface area contributed by atoms with Crippen molar-refractivity contribution in [3.05, 3.63) is 29.6 Å². The summed E-state index contributed by atoms with van der Waals surface area (Å²) in [5, 5.41) is 10.2. The van der Waals surface area contributed by atoms with Crippen molar-refractivity contribution in [3.63, 3.8) is 0 Å². The van der Waals surface area contributed by atoms with Gasteiger partial charge in [0, 0.05) is 18.1 Å². The molecule has 0 amide bonds. The zero-order valence-electron chi connectivity index (χ0n) is 11.1. The second-order valence-corrected chi connectivity index (χ2v) is 5.14. The molecule has 0 saturated carbocycles. The lowest BCUT2D eigenvalue weighted by Gasteiger charge is -2.40. The molecule has 1 aromatic carbocycles. The molecule has 2 atom stereocenters. The van der Waals surface area contributed by atoms with Crippen molar-refractivity contribution in [1.82, 2.24) is 0 Å². The largest absolute Gasteiger partial charge is 0.487 e. The van der Waals surface area contributed by atoms with Gasteiger partial charge >= 0.3 is 0 Å². The van der Waals surface area contributed by atoms with E-state index in [0.717, 1.165) is 25.7 Å². The number of hydrogen-bond acceptors (Lipinski definition) is 2. The Morgan fingerprint density at radius 1 is 1.44 bits per heavy atom. The first-order valence-corrected chi connectivity index (χ1v) is 6.77. The summed E-state index contributed by atoms with van der Waals surface area (Å²) in [6.45, 7) is 4.20. The summed E-state index contributed by atoms with van der Waals surface area (Å²) in [6, 6.07) is 4.37. The van der Waals surface area contributed by atoms with E-state index in [2.05, 4.69) is 13.8 Å². The van der Waals surface area contributed by atoms with E-state index in [1.54, 1.807) is 6.07 Å². The molecule has 1 aliphatic rings. The van der Waals surface area contributed by atoms with Crippen LogP contribution in [0.1, 0.15) is 57.6 Å². The van der Waals surface area contributed by atoms with Gasteiger partial charge in [0.1, 0.15) is 17.2 Å². The predicted octanol–water partition coefficient (Wildman–Crippen LogP) is 3.98. The van der Waals surface area contributed by atoms with Crippen LogP contribution in [-0.4, -0.2) is 10.7 Å². The monoisotopic (exact) mass is 252 g/mol. The third-order valence-electron chi connectivity index (χ3n) is 3.86. The quantitative estimate of drug-likeness (QED) is 0.878. The maximum absolute atomic E-state index is 13.3. The molecule has 1 aromatic rings. The number of aliphatic hydroxyl groups excluding tert-OH is 1. The summed E-state index contributed by atoms with van der Waals surface area (Å²) in [4.78, 5) is 0. The number of halogens is 1. The smallest absolute Gasteiger partial charge is 0.128 e. The Morgan fingerprint density at radius 3 is 2.89 bits per heavy atom. The van der Waals surface area contributed by atoms with Crippen LogP contribution in [-0.2, 0) is 0 Å². The lowest BCUT2D eigenvalue weighted by Crippen LogP contribution is -2.40. The van der Waals surface area contributed by atoms with E-state index >= 15 is 0 Å². The number of aliphatic hydroxyl groups is 1. The molecule has 0 radical (unpaired) electrons. The Labute approximate surface area is 108 Å². The van der Waals surface area contributed by atoms with Crippen molar-refractivity contribution < 1.29 is 14.2 Å². The molecule has 3 heteroatoms. The fourth-order valence-corrected chi connectivity index (χ4v) is 2.65.